The van der Waals surface area contributed by atoms with E-state index in [-0.39, 0.29) is 36.3 Å². The van der Waals surface area contributed by atoms with Crippen LogP contribution in [-0.4, -0.2) is 25.7 Å². The minimum absolute atomic E-state index is 0. The molecule has 22 heavy (non-hydrogen) atoms. The maximum atomic E-state index is 12.4. The molecule has 1 rings (SSSR count). The Bertz CT molecular complexity index is 414. The van der Waals surface area contributed by atoms with Crippen LogP contribution in [0.3, 0.4) is 0 Å². The highest BCUT2D eigenvalue weighted by atomic mass is 35.5. The van der Waals surface area contributed by atoms with Crippen molar-refractivity contribution in [3.63, 3.8) is 0 Å². The predicted octanol–water partition coefficient (Wildman–Crippen LogP) is 3.07. The molecule has 0 radical (unpaired) electrons. The van der Waals surface area contributed by atoms with Gasteiger partial charge in [0.1, 0.15) is 0 Å². The van der Waals surface area contributed by atoms with Gasteiger partial charge < -0.3 is 15.8 Å². The van der Waals surface area contributed by atoms with Gasteiger partial charge in [0.15, 0.2) is 0 Å². The van der Waals surface area contributed by atoms with Crippen LogP contribution in [0.15, 0.2) is 30.3 Å². The lowest BCUT2D eigenvalue weighted by Crippen LogP contribution is -2.43. The Morgan fingerprint density at radius 1 is 1.32 bits per heavy atom. The zero-order valence-corrected chi connectivity index (χ0v) is 14.6. The highest BCUT2D eigenvalue weighted by Gasteiger charge is 2.24. The van der Waals surface area contributed by atoms with Crippen LogP contribution in [-0.2, 0) is 9.53 Å². The standard InChI is InChI=1S/C17H28N2O2.ClH/c1-4-5-11-15(12-21-3)19-17(20)13(2)16(18)14-9-7-6-8-10-14;/h6-10,13,15-16H,4-5,11-12,18H2,1-3H3,(H,19,20);1H. The number of unbranched alkanes of at least 4 members (excludes halogenated alkanes) is 1. The van der Waals surface area contributed by atoms with Crippen LogP contribution in [0.2, 0.25) is 0 Å². The van der Waals surface area contributed by atoms with Gasteiger partial charge in [0.2, 0.25) is 5.91 Å². The number of benzene rings is 1. The largest absolute Gasteiger partial charge is 0.383 e. The Labute approximate surface area is 140 Å². The fourth-order valence-corrected chi connectivity index (χ4v) is 2.31. The Balaban J connectivity index is 0.00000441. The number of halogens is 1. The topological polar surface area (TPSA) is 64.3 Å². The maximum absolute atomic E-state index is 12.4. The van der Waals surface area contributed by atoms with E-state index >= 15 is 0 Å². The number of carbonyl (C=O) groups excluding carboxylic acids is 1. The van der Waals surface area contributed by atoms with Gasteiger partial charge in [-0.05, 0) is 12.0 Å². The van der Waals surface area contributed by atoms with E-state index < -0.39 is 0 Å². The van der Waals surface area contributed by atoms with Gasteiger partial charge >= 0.3 is 0 Å². The van der Waals surface area contributed by atoms with Crippen LogP contribution in [0.1, 0.15) is 44.7 Å². The third-order valence-corrected chi connectivity index (χ3v) is 3.76. The number of methoxy groups -OCH3 is 1. The number of carbonyl (C=O) groups is 1. The number of rotatable bonds is 9. The second-order valence-corrected chi connectivity index (χ2v) is 5.53. The van der Waals surface area contributed by atoms with E-state index in [0.29, 0.717) is 6.61 Å². The molecule has 0 heterocycles. The first-order valence-corrected chi connectivity index (χ1v) is 7.70. The molecule has 3 atom stereocenters. The average molecular weight is 329 g/mol. The number of hydrogen-bond donors (Lipinski definition) is 2. The first kappa shape index (κ1) is 20.9. The summed E-state index contributed by atoms with van der Waals surface area (Å²) in [6.45, 7) is 4.55. The summed E-state index contributed by atoms with van der Waals surface area (Å²) in [7, 11) is 1.66. The molecule has 0 fully saturated rings. The first-order chi connectivity index (χ1) is 10.1. The summed E-state index contributed by atoms with van der Waals surface area (Å²) in [6.07, 6.45) is 3.12. The van der Waals surface area contributed by atoms with Crippen molar-refractivity contribution < 1.29 is 9.53 Å². The molecule has 3 unspecified atom stereocenters. The second-order valence-electron chi connectivity index (χ2n) is 5.53. The molecule has 0 spiro atoms. The van der Waals surface area contributed by atoms with E-state index in [4.69, 9.17) is 10.5 Å². The van der Waals surface area contributed by atoms with Gasteiger partial charge in [-0.15, -0.1) is 12.4 Å². The van der Waals surface area contributed by atoms with Crippen molar-refractivity contribution in [1.82, 2.24) is 5.32 Å². The van der Waals surface area contributed by atoms with E-state index in [1.807, 2.05) is 37.3 Å². The summed E-state index contributed by atoms with van der Waals surface area (Å²) in [5, 5.41) is 3.06. The van der Waals surface area contributed by atoms with Crippen molar-refractivity contribution in [2.24, 2.45) is 11.7 Å². The number of amides is 1. The lowest BCUT2D eigenvalue weighted by Gasteiger charge is -2.24. The van der Waals surface area contributed by atoms with Crippen molar-refractivity contribution in [2.45, 2.75) is 45.2 Å². The van der Waals surface area contributed by atoms with Crippen LogP contribution in [0.25, 0.3) is 0 Å². The third kappa shape index (κ3) is 6.77. The Kier molecular flexibility index (Phi) is 10.9. The van der Waals surface area contributed by atoms with Crippen molar-refractivity contribution in [3.05, 3.63) is 35.9 Å². The fraction of sp³-hybridized carbons (Fsp3) is 0.588. The normalized spacial score (nSPS) is 14.5. The fourth-order valence-electron chi connectivity index (χ4n) is 2.31. The van der Waals surface area contributed by atoms with Crippen LogP contribution < -0.4 is 11.1 Å². The molecule has 0 saturated heterocycles. The Hall–Kier alpha value is -1.10. The van der Waals surface area contributed by atoms with E-state index in [1.165, 1.54) is 0 Å². The molecule has 1 aromatic carbocycles. The van der Waals surface area contributed by atoms with Crippen LogP contribution >= 0.6 is 12.4 Å². The monoisotopic (exact) mass is 328 g/mol. The third-order valence-electron chi connectivity index (χ3n) is 3.76. The number of nitrogens with two attached hydrogens (primary N) is 1. The van der Waals surface area contributed by atoms with Crippen molar-refractivity contribution in [3.8, 4) is 0 Å². The van der Waals surface area contributed by atoms with Gasteiger partial charge in [-0.2, -0.15) is 0 Å². The maximum Gasteiger partial charge on any atom is 0.225 e. The molecule has 1 aromatic rings. The number of nitrogens with one attached hydrogen (secondary N) is 1. The second kappa shape index (κ2) is 11.5. The summed E-state index contributed by atoms with van der Waals surface area (Å²) in [5.41, 5.74) is 7.18. The molecule has 126 valence electrons. The molecule has 4 nitrogen and oxygen atoms in total. The SMILES string of the molecule is CCCCC(COC)NC(=O)C(C)C(N)c1ccccc1.Cl. The van der Waals surface area contributed by atoms with Gasteiger partial charge in [-0.1, -0.05) is 57.0 Å². The highest BCUT2D eigenvalue weighted by molar-refractivity contribution is 5.85. The first-order valence-electron chi connectivity index (χ1n) is 7.70. The minimum atomic E-state index is -0.291. The van der Waals surface area contributed by atoms with Gasteiger partial charge in [0, 0.05) is 13.2 Å². The average Bonchev–Trinajstić information content (AvgIpc) is 2.52. The molecule has 0 aromatic heterocycles. The molecular formula is C17H29ClN2O2. The van der Waals surface area contributed by atoms with E-state index in [9.17, 15) is 4.79 Å². The summed E-state index contributed by atoms with van der Waals surface area (Å²) < 4.78 is 5.18. The quantitative estimate of drug-likeness (QED) is 0.732. The van der Waals surface area contributed by atoms with Crippen molar-refractivity contribution in [2.75, 3.05) is 13.7 Å². The summed E-state index contributed by atoms with van der Waals surface area (Å²) in [6, 6.07) is 9.51. The van der Waals surface area contributed by atoms with Gasteiger partial charge in [-0.25, -0.2) is 0 Å². The van der Waals surface area contributed by atoms with Crippen LogP contribution in [0.4, 0.5) is 0 Å². The highest BCUT2D eigenvalue weighted by Crippen LogP contribution is 2.19. The number of ether oxygens (including phenoxy) is 1. The molecule has 0 saturated carbocycles. The number of hydrogen-bond acceptors (Lipinski definition) is 3. The molecule has 0 aliphatic heterocycles. The smallest absolute Gasteiger partial charge is 0.225 e. The van der Waals surface area contributed by atoms with Crippen molar-refractivity contribution in [1.29, 1.82) is 0 Å². The zero-order valence-electron chi connectivity index (χ0n) is 13.7. The minimum Gasteiger partial charge on any atom is -0.383 e. The van der Waals surface area contributed by atoms with E-state index in [1.54, 1.807) is 7.11 Å². The molecule has 1 amide bonds. The lowest BCUT2D eigenvalue weighted by atomic mass is 9.94. The van der Waals surface area contributed by atoms with Crippen LogP contribution in [0.5, 0.6) is 0 Å². The summed E-state index contributed by atoms with van der Waals surface area (Å²) >= 11 is 0. The molecule has 3 N–H and O–H groups in total. The van der Waals surface area contributed by atoms with Crippen LogP contribution in [0, 0.1) is 5.92 Å². The summed E-state index contributed by atoms with van der Waals surface area (Å²) in [5.74, 6) is -0.280. The van der Waals surface area contributed by atoms with Gasteiger partial charge in [-0.3, -0.25) is 4.79 Å². The zero-order chi connectivity index (χ0) is 15.7. The molecule has 5 heteroatoms. The Morgan fingerprint density at radius 2 is 1.95 bits per heavy atom. The van der Waals surface area contributed by atoms with Gasteiger partial charge in [0.05, 0.1) is 18.6 Å². The molecule has 0 bridgehead atoms. The predicted molar refractivity (Wildman–Crippen MR) is 93.1 cm³/mol. The van der Waals surface area contributed by atoms with Gasteiger partial charge in [0.25, 0.3) is 0 Å². The van der Waals surface area contributed by atoms with E-state index in [0.717, 1.165) is 24.8 Å². The Morgan fingerprint density at radius 3 is 2.50 bits per heavy atom. The molecular weight excluding hydrogens is 300 g/mol. The summed E-state index contributed by atoms with van der Waals surface area (Å²) in [4.78, 5) is 12.4. The van der Waals surface area contributed by atoms with E-state index in [2.05, 4.69) is 12.2 Å². The van der Waals surface area contributed by atoms with Crippen molar-refractivity contribution >= 4 is 18.3 Å². The molecule has 0 aliphatic carbocycles. The molecule has 0 aliphatic rings. The lowest BCUT2D eigenvalue weighted by molar-refractivity contribution is -0.126.